The molecule has 0 amide bonds. The van der Waals surface area contributed by atoms with E-state index in [0.717, 1.165) is 68.6 Å². The number of oxime groups is 1. The molecule has 0 fully saturated rings. The number of hydrogen-bond donors (Lipinski definition) is 0. The lowest BCUT2D eigenvalue weighted by Gasteiger charge is -2.30. The Morgan fingerprint density at radius 2 is 1.64 bits per heavy atom. The Hall–Kier alpha value is -4.22. The van der Waals surface area contributed by atoms with Crippen LogP contribution in [0, 0.1) is 10.8 Å². The minimum Gasteiger partial charge on any atom is -0.481 e. The molecule has 0 aromatic carbocycles. The number of aryl methyl sites for hydroxylation is 2. The van der Waals surface area contributed by atoms with E-state index >= 15 is 0 Å². The van der Waals surface area contributed by atoms with Crippen LogP contribution < -0.4 is 9.64 Å². The van der Waals surface area contributed by atoms with Crippen LogP contribution in [0.25, 0.3) is 11.6 Å². The number of ether oxygens (including phenoxy) is 1. The van der Waals surface area contributed by atoms with Gasteiger partial charge >= 0.3 is 0 Å². The average Bonchev–Trinajstić information content (AvgIpc) is 3.79. The molecule has 12 nitrogen and oxygen atoms in total. The van der Waals surface area contributed by atoms with Crippen LogP contribution in [0.2, 0.25) is 0 Å². The molecule has 0 bridgehead atoms. The van der Waals surface area contributed by atoms with Crippen molar-refractivity contribution in [2.24, 2.45) is 16.0 Å². The number of rotatable bonds is 7. The quantitative estimate of drug-likeness (QED) is 0.271. The zero-order valence-corrected chi connectivity index (χ0v) is 26.7. The highest BCUT2D eigenvalue weighted by molar-refractivity contribution is 6.10. The average molecular weight is 600 g/mol. The molecular formula is C32H41N9O3. The van der Waals surface area contributed by atoms with Crippen molar-refractivity contribution in [2.45, 2.75) is 99.4 Å². The number of amidine groups is 1. The SMILES string of the molecule is CCn1nc(-c2nc(N3C(c4ccnc(OC)c4)=NOC3c3nn(CC)c4c3CCC(C)(C)C4)no2)c2c1CC(C)(C)CC2. The van der Waals surface area contributed by atoms with E-state index in [-0.39, 0.29) is 10.8 Å². The molecule has 12 heteroatoms. The smallest absolute Gasteiger partial charge is 0.280 e. The minimum atomic E-state index is -0.666. The fourth-order valence-corrected chi connectivity index (χ4v) is 6.86. The molecule has 0 spiro atoms. The Labute approximate surface area is 257 Å². The monoisotopic (exact) mass is 599 g/mol. The highest BCUT2D eigenvalue weighted by Gasteiger charge is 2.43. The van der Waals surface area contributed by atoms with Gasteiger partial charge in [-0.25, -0.2) is 9.88 Å². The zero-order valence-electron chi connectivity index (χ0n) is 26.7. The summed E-state index contributed by atoms with van der Waals surface area (Å²) in [6, 6.07) is 3.69. The van der Waals surface area contributed by atoms with Gasteiger partial charge in [-0.2, -0.15) is 15.2 Å². The lowest BCUT2D eigenvalue weighted by molar-refractivity contribution is 0.0814. The number of hydrogen-bond acceptors (Lipinski definition) is 10. The molecule has 1 unspecified atom stereocenters. The summed E-state index contributed by atoms with van der Waals surface area (Å²) in [4.78, 5) is 17.3. The normalized spacial score (nSPS) is 20.2. The van der Waals surface area contributed by atoms with Crippen molar-refractivity contribution in [3.05, 3.63) is 52.1 Å². The first-order valence-electron chi connectivity index (χ1n) is 15.7. The molecule has 4 aromatic heterocycles. The maximum Gasteiger partial charge on any atom is 0.280 e. The summed E-state index contributed by atoms with van der Waals surface area (Å²) in [5.41, 5.74) is 7.71. The predicted molar refractivity (Wildman–Crippen MR) is 164 cm³/mol. The van der Waals surface area contributed by atoms with Gasteiger partial charge in [0, 0.05) is 53.4 Å². The summed E-state index contributed by atoms with van der Waals surface area (Å²) in [6.07, 6.45) is 6.93. The molecule has 232 valence electrons. The molecule has 44 heavy (non-hydrogen) atoms. The Morgan fingerprint density at radius 1 is 0.955 bits per heavy atom. The van der Waals surface area contributed by atoms with Gasteiger partial charge in [0.05, 0.1) is 7.11 Å². The lowest BCUT2D eigenvalue weighted by Crippen LogP contribution is -2.33. The first kappa shape index (κ1) is 28.5. The lowest BCUT2D eigenvalue weighted by atomic mass is 9.76. The number of nitrogens with zero attached hydrogens (tertiary/aromatic N) is 9. The second-order valence-electron chi connectivity index (χ2n) is 13.6. The van der Waals surface area contributed by atoms with Crippen LogP contribution in [0.3, 0.4) is 0 Å². The van der Waals surface area contributed by atoms with Gasteiger partial charge < -0.3 is 14.1 Å². The predicted octanol–water partition coefficient (Wildman–Crippen LogP) is 5.50. The summed E-state index contributed by atoms with van der Waals surface area (Å²) in [7, 11) is 1.59. The number of fused-ring (bicyclic) bond motifs is 2. The molecule has 5 heterocycles. The maximum atomic E-state index is 6.21. The van der Waals surface area contributed by atoms with Crippen LogP contribution in [0.4, 0.5) is 5.95 Å². The Kier molecular flexibility index (Phi) is 6.78. The van der Waals surface area contributed by atoms with Crippen LogP contribution in [0.15, 0.2) is 28.0 Å². The number of anilines is 1. The second kappa shape index (κ2) is 10.4. The van der Waals surface area contributed by atoms with E-state index in [0.29, 0.717) is 23.6 Å². The molecule has 0 saturated heterocycles. The number of aromatic nitrogens is 7. The molecule has 3 aliphatic rings. The van der Waals surface area contributed by atoms with E-state index in [1.807, 2.05) is 17.0 Å². The summed E-state index contributed by atoms with van der Waals surface area (Å²) in [6.45, 7) is 15.1. The van der Waals surface area contributed by atoms with E-state index in [2.05, 4.69) is 66.2 Å². The van der Waals surface area contributed by atoms with Gasteiger partial charge in [-0.3, -0.25) is 9.36 Å². The van der Waals surface area contributed by atoms with E-state index in [9.17, 15) is 0 Å². The van der Waals surface area contributed by atoms with Gasteiger partial charge in [0.2, 0.25) is 5.88 Å². The van der Waals surface area contributed by atoms with E-state index < -0.39 is 6.23 Å². The highest BCUT2D eigenvalue weighted by atomic mass is 16.7. The number of pyridine rings is 1. The van der Waals surface area contributed by atoms with Gasteiger partial charge in [-0.1, -0.05) is 32.9 Å². The first-order chi connectivity index (χ1) is 21.1. The Bertz CT molecular complexity index is 1740. The summed E-state index contributed by atoms with van der Waals surface area (Å²) >= 11 is 0. The molecule has 0 radical (unpaired) electrons. The largest absolute Gasteiger partial charge is 0.481 e. The Morgan fingerprint density at radius 3 is 2.34 bits per heavy atom. The van der Waals surface area contributed by atoms with Crippen LogP contribution in [-0.2, 0) is 43.6 Å². The third-order valence-electron chi connectivity index (χ3n) is 9.33. The topological polar surface area (TPSA) is 122 Å². The number of methoxy groups -OCH3 is 1. The standard InChI is InChI=1S/C32H41N9O3/c1-8-39-22-17-31(3,4)13-10-20(22)25(35-39)28-34-30(38-43-28)41-27(19-12-15-33-24(16-19)42-7)37-44-29(41)26-21-11-14-32(5,6)18-23(21)40(9-2)36-26/h12,15-16,29H,8-11,13-14,17-18H2,1-7H3. The molecule has 2 aliphatic carbocycles. The highest BCUT2D eigenvalue weighted by Crippen LogP contribution is 2.43. The van der Waals surface area contributed by atoms with Crippen molar-refractivity contribution >= 4 is 11.8 Å². The van der Waals surface area contributed by atoms with Crippen molar-refractivity contribution in [3.8, 4) is 17.5 Å². The third-order valence-corrected chi connectivity index (χ3v) is 9.33. The molecule has 0 saturated carbocycles. The summed E-state index contributed by atoms with van der Waals surface area (Å²) in [5, 5.41) is 19.1. The first-order valence-corrected chi connectivity index (χ1v) is 15.7. The molecule has 7 rings (SSSR count). The molecule has 0 N–H and O–H groups in total. The van der Waals surface area contributed by atoms with Gasteiger partial charge in [-0.05, 0) is 74.4 Å². The maximum absolute atomic E-state index is 6.21. The van der Waals surface area contributed by atoms with Gasteiger partial charge in [0.25, 0.3) is 18.1 Å². The second-order valence-corrected chi connectivity index (χ2v) is 13.6. The van der Waals surface area contributed by atoms with E-state index in [1.54, 1.807) is 13.3 Å². The van der Waals surface area contributed by atoms with Crippen LogP contribution >= 0.6 is 0 Å². The zero-order chi connectivity index (χ0) is 30.8. The van der Waals surface area contributed by atoms with Gasteiger partial charge in [0.1, 0.15) is 5.69 Å². The Balaban J connectivity index is 1.32. The molecule has 4 aromatic rings. The van der Waals surface area contributed by atoms with Crippen LogP contribution in [0.5, 0.6) is 5.88 Å². The van der Waals surface area contributed by atoms with Crippen molar-refractivity contribution in [1.82, 2.24) is 34.7 Å². The van der Waals surface area contributed by atoms with Gasteiger partial charge in [-0.15, -0.1) is 0 Å². The molecule has 1 aliphatic heterocycles. The molecule has 1 atom stereocenters. The van der Waals surface area contributed by atoms with Crippen molar-refractivity contribution in [3.63, 3.8) is 0 Å². The minimum absolute atomic E-state index is 0.210. The summed E-state index contributed by atoms with van der Waals surface area (Å²) in [5.74, 6) is 1.73. The summed E-state index contributed by atoms with van der Waals surface area (Å²) < 4.78 is 15.6. The van der Waals surface area contributed by atoms with Crippen LogP contribution in [-0.4, -0.2) is 47.6 Å². The van der Waals surface area contributed by atoms with Crippen molar-refractivity contribution in [1.29, 1.82) is 0 Å². The molecular weight excluding hydrogens is 558 g/mol. The van der Waals surface area contributed by atoms with Crippen LogP contribution in [0.1, 0.15) is 94.4 Å². The van der Waals surface area contributed by atoms with E-state index in [4.69, 9.17) is 29.3 Å². The van der Waals surface area contributed by atoms with E-state index in [1.165, 1.54) is 22.5 Å². The fraction of sp³-hybridized carbons (Fsp3) is 0.562. The van der Waals surface area contributed by atoms with Gasteiger partial charge in [0.15, 0.2) is 11.5 Å². The third kappa shape index (κ3) is 4.75. The fourth-order valence-electron chi connectivity index (χ4n) is 6.86. The van der Waals surface area contributed by atoms with Crippen molar-refractivity contribution < 1.29 is 14.1 Å². The van der Waals surface area contributed by atoms with Crippen molar-refractivity contribution in [2.75, 3.05) is 12.0 Å².